The number of rotatable bonds is 7. The molecular formula is C10H20O2. The molecule has 12 heavy (non-hydrogen) atoms. The molecular weight excluding hydrogens is 152 g/mol. The molecule has 0 rings (SSSR count). The standard InChI is InChI=1S/C10H20O2/c1-4-9(11)7-8-10(5-2)12-6-3/h5,9-11H,2,4,6-8H2,1,3H3. The Morgan fingerprint density at radius 1 is 1.42 bits per heavy atom. The largest absolute Gasteiger partial charge is 0.393 e. The highest BCUT2D eigenvalue weighted by Gasteiger charge is 2.06. The monoisotopic (exact) mass is 172 g/mol. The second kappa shape index (κ2) is 7.32. The maximum atomic E-state index is 9.28. The van der Waals surface area contributed by atoms with Crippen molar-refractivity contribution >= 4 is 0 Å². The normalized spacial score (nSPS) is 15.6. The highest BCUT2D eigenvalue weighted by molar-refractivity contribution is 4.80. The molecule has 0 aromatic rings. The molecule has 0 fully saturated rings. The quantitative estimate of drug-likeness (QED) is 0.596. The van der Waals surface area contributed by atoms with Gasteiger partial charge >= 0.3 is 0 Å². The molecule has 0 aromatic heterocycles. The second-order valence-corrected chi connectivity index (χ2v) is 2.87. The van der Waals surface area contributed by atoms with Crippen molar-refractivity contribution in [1.82, 2.24) is 0 Å². The van der Waals surface area contributed by atoms with Crippen molar-refractivity contribution in [3.63, 3.8) is 0 Å². The third-order valence-electron chi connectivity index (χ3n) is 1.90. The summed E-state index contributed by atoms with van der Waals surface area (Å²) in [5.41, 5.74) is 0. The van der Waals surface area contributed by atoms with Crippen LogP contribution < -0.4 is 0 Å². The molecule has 2 nitrogen and oxygen atoms in total. The minimum absolute atomic E-state index is 0.108. The topological polar surface area (TPSA) is 29.5 Å². The lowest BCUT2D eigenvalue weighted by atomic mass is 10.1. The van der Waals surface area contributed by atoms with Gasteiger partial charge in [0.25, 0.3) is 0 Å². The Labute approximate surface area is 75.2 Å². The maximum absolute atomic E-state index is 9.28. The summed E-state index contributed by atoms with van der Waals surface area (Å²) < 4.78 is 5.36. The summed E-state index contributed by atoms with van der Waals surface area (Å²) >= 11 is 0. The lowest BCUT2D eigenvalue weighted by Gasteiger charge is -2.14. The average Bonchev–Trinajstić information content (AvgIpc) is 2.11. The Morgan fingerprint density at radius 2 is 2.08 bits per heavy atom. The van der Waals surface area contributed by atoms with Crippen molar-refractivity contribution in [3.8, 4) is 0 Å². The van der Waals surface area contributed by atoms with E-state index in [1.807, 2.05) is 13.8 Å². The van der Waals surface area contributed by atoms with E-state index in [2.05, 4.69) is 6.58 Å². The lowest BCUT2D eigenvalue weighted by Crippen LogP contribution is -2.13. The van der Waals surface area contributed by atoms with Crippen molar-refractivity contribution in [1.29, 1.82) is 0 Å². The minimum atomic E-state index is -0.187. The van der Waals surface area contributed by atoms with Gasteiger partial charge in [-0.2, -0.15) is 0 Å². The van der Waals surface area contributed by atoms with Gasteiger partial charge < -0.3 is 9.84 Å². The highest BCUT2D eigenvalue weighted by atomic mass is 16.5. The molecule has 0 aliphatic rings. The van der Waals surface area contributed by atoms with Crippen LogP contribution in [0.15, 0.2) is 12.7 Å². The molecule has 72 valence electrons. The maximum Gasteiger partial charge on any atom is 0.0754 e. The van der Waals surface area contributed by atoms with Gasteiger partial charge in [0.2, 0.25) is 0 Å². The third kappa shape index (κ3) is 5.33. The number of hydrogen-bond acceptors (Lipinski definition) is 2. The number of ether oxygens (including phenoxy) is 1. The molecule has 0 heterocycles. The molecule has 0 bridgehead atoms. The van der Waals surface area contributed by atoms with Gasteiger partial charge in [-0.25, -0.2) is 0 Å². The van der Waals surface area contributed by atoms with E-state index in [1.54, 1.807) is 6.08 Å². The van der Waals surface area contributed by atoms with Crippen molar-refractivity contribution < 1.29 is 9.84 Å². The van der Waals surface area contributed by atoms with Gasteiger partial charge in [-0.05, 0) is 26.2 Å². The fourth-order valence-corrected chi connectivity index (χ4v) is 1.04. The van der Waals surface area contributed by atoms with E-state index in [0.717, 1.165) is 19.3 Å². The van der Waals surface area contributed by atoms with Crippen LogP contribution in [0.5, 0.6) is 0 Å². The summed E-state index contributed by atoms with van der Waals surface area (Å²) in [7, 11) is 0. The third-order valence-corrected chi connectivity index (χ3v) is 1.90. The Hall–Kier alpha value is -0.340. The van der Waals surface area contributed by atoms with Crippen LogP contribution in [0.4, 0.5) is 0 Å². The van der Waals surface area contributed by atoms with E-state index in [4.69, 9.17) is 4.74 Å². The SMILES string of the molecule is C=CC(CCC(O)CC)OCC. The fourth-order valence-electron chi connectivity index (χ4n) is 1.04. The number of hydrogen-bond donors (Lipinski definition) is 1. The predicted octanol–water partition coefficient (Wildman–Crippen LogP) is 2.13. The van der Waals surface area contributed by atoms with Crippen LogP contribution in [0.3, 0.4) is 0 Å². The zero-order valence-corrected chi connectivity index (χ0v) is 8.12. The smallest absolute Gasteiger partial charge is 0.0754 e. The zero-order valence-electron chi connectivity index (χ0n) is 8.12. The van der Waals surface area contributed by atoms with Gasteiger partial charge in [-0.1, -0.05) is 13.0 Å². The summed E-state index contributed by atoms with van der Waals surface area (Å²) in [6.45, 7) is 8.33. The van der Waals surface area contributed by atoms with Crippen molar-refractivity contribution in [2.75, 3.05) is 6.61 Å². The molecule has 0 aromatic carbocycles. The lowest BCUT2D eigenvalue weighted by molar-refractivity contribution is 0.0713. The van der Waals surface area contributed by atoms with Gasteiger partial charge in [0, 0.05) is 6.61 Å². The molecule has 2 heteroatoms. The van der Waals surface area contributed by atoms with Crippen LogP contribution in [-0.2, 0) is 4.74 Å². The summed E-state index contributed by atoms with van der Waals surface area (Å²) in [6, 6.07) is 0. The first-order valence-electron chi connectivity index (χ1n) is 4.66. The first-order valence-corrected chi connectivity index (χ1v) is 4.66. The highest BCUT2D eigenvalue weighted by Crippen LogP contribution is 2.08. The first-order chi connectivity index (χ1) is 5.74. The van der Waals surface area contributed by atoms with Gasteiger partial charge in [0.1, 0.15) is 0 Å². The molecule has 0 amide bonds. The van der Waals surface area contributed by atoms with E-state index >= 15 is 0 Å². The molecule has 0 aliphatic carbocycles. The van der Waals surface area contributed by atoms with Crippen molar-refractivity contribution in [3.05, 3.63) is 12.7 Å². The minimum Gasteiger partial charge on any atom is -0.393 e. The Kier molecular flexibility index (Phi) is 7.11. The van der Waals surface area contributed by atoms with Crippen LogP contribution in [0.2, 0.25) is 0 Å². The van der Waals surface area contributed by atoms with Crippen LogP contribution in [0, 0.1) is 0 Å². The summed E-state index contributed by atoms with van der Waals surface area (Å²) in [5.74, 6) is 0. The molecule has 0 spiro atoms. The summed E-state index contributed by atoms with van der Waals surface area (Å²) in [4.78, 5) is 0. The Bertz CT molecular complexity index is 112. The Morgan fingerprint density at radius 3 is 2.50 bits per heavy atom. The van der Waals surface area contributed by atoms with Crippen LogP contribution in [-0.4, -0.2) is 23.9 Å². The van der Waals surface area contributed by atoms with Crippen LogP contribution in [0.1, 0.15) is 33.1 Å². The molecule has 0 aliphatic heterocycles. The number of aliphatic hydroxyl groups is 1. The summed E-state index contributed by atoms with van der Waals surface area (Å²) in [5, 5.41) is 9.28. The number of aliphatic hydroxyl groups excluding tert-OH is 1. The molecule has 1 N–H and O–H groups in total. The van der Waals surface area contributed by atoms with Crippen LogP contribution in [0.25, 0.3) is 0 Å². The van der Waals surface area contributed by atoms with Crippen molar-refractivity contribution in [2.45, 2.75) is 45.3 Å². The first kappa shape index (κ1) is 11.7. The predicted molar refractivity (Wildman–Crippen MR) is 51.1 cm³/mol. The van der Waals surface area contributed by atoms with E-state index in [1.165, 1.54) is 0 Å². The molecule has 2 atom stereocenters. The molecule has 0 saturated carbocycles. The summed E-state index contributed by atoms with van der Waals surface area (Å²) in [6.07, 6.45) is 4.20. The van der Waals surface area contributed by atoms with Crippen molar-refractivity contribution in [2.24, 2.45) is 0 Å². The fraction of sp³-hybridized carbons (Fsp3) is 0.800. The van der Waals surface area contributed by atoms with E-state index in [0.29, 0.717) is 6.61 Å². The van der Waals surface area contributed by atoms with Gasteiger partial charge in [-0.3, -0.25) is 0 Å². The van der Waals surface area contributed by atoms with E-state index < -0.39 is 0 Å². The van der Waals surface area contributed by atoms with Crippen LogP contribution >= 0.6 is 0 Å². The zero-order chi connectivity index (χ0) is 9.40. The molecule has 0 saturated heterocycles. The average molecular weight is 172 g/mol. The second-order valence-electron chi connectivity index (χ2n) is 2.87. The van der Waals surface area contributed by atoms with E-state index in [9.17, 15) is 5.11 Å². The molecule has 2 unspecified atom stereocenters. The Balaban J connectivity index is 3.49. The van der Waals surface area contributed by atoms with Gasteiger partial charge in [0.05, 0.1) is 12.2 Å². The van der Waals surface area contributed by atoms with Gasteiger partial charge in [-0.15, -0.1) is 6.58 Å². The van der Waals surface area contributed by atoms with E-state index in [-0.39, 0.29) is 12.2 Å². The molecule has 0 radical (unpaired) electrons. The van der Waals surface area contributed by atoms with Gasteiger partial charge in [0.15, 0.2) is 0 Å².